The summed E-state index contributed by atoms with van der Waals surface area (Å²) in [4.78, 5) is 4.99. The second-order valence-corrected chi connectivity index (χ2v) is 24.2. The third-order valence-electron chi connectivity index (χ3n) is 16.8. The SMILES string of the molecule is CC(C)(C)c1ccc(N(c2ccc(-c3ccccc3)cc2)c2ccc3c(c2)C(C)(C)c2cc(N(c4ccc(-c5ccccc5)cc4)c4ccc(C(C)(C)C)cc4)c4c(c2-3)-c2ccccc2-c2ccccc2-c2ccccc2-4)cc1. The summed E-state index contributed by atoms with van der Waals surface area (Å²) in [7, 11) is 0. The molecule has 0 radical (unpaired) electrons. The zero-order valence-corrected chi connectivity index (χ0v) is 46.6. The van der Waals surface area contributed by atoms with Crippen LogP contribution in [0.1, 0.15) is 77.6 Å². The summed E-state index contributed by atoms with van der Waals surface area (Å²) in [5.74, 6) is 0. The largest absolute Gasteiger partial charge is 0.310 e. The lowest BCUT2D eigenvalue weighted by atomic mass is 9.75. The Hall–Kier alpha value is -8.98. The van der Waals surface area contributed by atoms with Crippen LogP contribution in [0.4, 0.5) is 34.1 Å². The molecule has 0 saturated heterocycles. The third-order valence-corrected chi connectivity index (χ3v) is 16.8. The molecule has 0 unspecified atom stereocenters. The molecule has 11 aromatic carbocycles. The van der Waals surface area contributed by atoms with E-state index in [4.69, 9.17) is 0 Å². The van der Waals surface area contributed by atoms with Gasteiger partial charge in [0.05, 0.1) is 5.69 Å². The molecule has 2 aliphatic carbocycles. The Labute approximate surface area is 468 Å². The normalized spacial score (nSPS) is 12.9. The van der Waals surface area contributed by atoms with Gasteiger partial charge in [-0.05, 0) is 167 Å². The van der Waals surface area contributed by atoms with Gasteiger partial charge >= 0.3 is 0 Å². The molecular weight excluding hydrogens is 953 g/mol. The second kappa shape index (κ2) is 19.2. The van der Waals surface area contributed by atoms with E-state index in [1.54, 1.807) is 0 Å². The van der Waals surface area contributed by atoms with Crippen LogP contribution in [0, 0.1) is 0 Å². The summed E-state index contributed by atoms with van der Waals surface area (Å²) in [5.41, 5.74) is 28.7. The van der Waals surface area contributed by atoms with Crippen molar-refractivity contribution in [2.45, 2.75) is 71.6 Å². The second-order valence-electron chi connectivity index (χ2n) is 24.2. The maximum absolute atomic E-state index is 2.56. The highest BCUT2D eigenvalue weighted by molar-refractivity contribution is 6.13. The molecule has 0 N–H and O–H groups in total. The maximum atomic E-state index is 2.56. The molecule has 79 heavy (non-hydrogen) atoms. The monoisotopic (exact) mass is 1020 g/mol. The molecule has 2 nitrogen and oxygen atoms in total. The molecule has 0 bridgehead atoms. The lowest BCUT2D eigenvalue weighted by Crippen LogP contribution is -2.19. The summed E-state index contributed by atoms with van der Waals surface area (Å²) in [6.07, 6.45) is 0. The fraction of sp³-hybridized carbons (Fsp3) is 0.143. The van der Waals surface area contributed by atoms with Crippen LogP contribution in [0.2, 0.25) is 0 Å². The summed E-state index contributed by atoms with van der Waals surface area (Å²) >= 11 is 0. The number of anilines is 6. The minimum Gasteiger partial charge on any atom is -0.310 e. The van der Waals surface area contributed by atoms with E-state index in [1.807, 2.05) is 0 Å². The summed E-state index contributed by atoms with van der Waals surface area (Å²) in [6.45, 7) is 18.7. The van der Waals surface area contributed by atoms with Crippen molar-refractivity contribution >= 4 is 34.1 Å². The quantitative estimate of drug-likeness (QED) is 0.150. The van der Waals surface area contributed by atoms with Crippen molar-refractivity contribution in [3.8, 4) is 77.9 Å². The van der Waals surface area contributed by atoms with Crippen LogP contribution in [-0.2, 0) is 16.2 Å². The first-order chi connectivity index (χ1) is 38.2. The van der Waals surface area contributed by atoms with Crippen LogP contribution in [-0.4, -0.2) is 0 Å². The van der Waals surface area contributed by atoms with Crippen molar-refractivity contribution in [2.75, 3.05) is 9.80 Å². The Morgan fingerprint density at radius 2 is 0.608 bits per heavy atom. The first kappa shape index (κ1) is 49.6. The van der Waals surface area contributed by atoms with Crippen LogP contribution in [0.5, 0.6) is 0 Å². The minimum absolute atomic E-state index is 0.00857. The van der Waals surface area contributed by atoms with E-state index in [1.165, 1.54) is 100 Å². The van der Waals surface area contributed by atoms with Crippen molar-refractivity contribution in [3.63, 3.8) is 0 Å². The molecule has 0 atom stereocenters. The molecule has 0 saturated carbocycles. The van der Waals surface area contributed by atoms with Crippen LogP contribution >= 0.6 is 0 Å². The first-order valence-corrected chi connectivity index (χ1v) is 28.0. The van der Waals surface area contributed by atoms with Gasteiger partial charge in [-0.15, -0.1) is 0 Å². The molecule has 2 aliphatic rings. The van der Waals surface area contributed by atoms with Crippen molar-refractivity contribution in [2.24, 2.45) is 0 Å². The molecule has 0 aliphatic heterocycles. The average Bonchev–Trinajstić information content (AvgIpc) is 3.42. The standard InChI is InChI=1S/C77H66N2/c1-75(2,3)55-35-43-58(44-36-55)78(57-39-31-53(32-40-57)51-21-11-9-12-22-51)61-47-48-68-69(49-61)77(7,8)70-50-71(79(60-45-37-56(38-46-60)76(4,5)6)59-41-33-54(34-42-59)52-23-13-10-14-24-52)73-66-29-19-17-27-64(66)62-25-15-16-26-63(62)65-28-18-20-30-67(65)74(73)72(68)70/h9-50H,1-8H3. The van der Waals surface area contributed by atoms with E-state index < -0.39 is 5.41 Å². The van der Waals surface area contributed by atoms with Gasteiger partial charge in [0.15, 0.2) is 0 Å². The van der Waals surface area contributed by atoms with Gasteiger partial charge in [-0.3, -0.25) is 0 Å². The third kappa shape index (κ3) is 8.68. The van der Waals surface area contributed by atoms with E-state index in [-0.39, 0.29) is 10.8 Å². The molecule has 2 heteroatoms. The molecule has 0 aromatic heterocycles. The summed E-state index contributed by atoms with van der Waals surface area (Å²) in [6, 6.07) is 95.4. The van der Waals surface area contributed by atoms with Crippen LogP contribution in [0.25, 0.3) is 77.9 Å². The molecule has 0 fully saturated rings. The highest BCUT2D eigenvalue weighted by Gasteiger charge is 2.42. The fourth-order valence-corrected chi connectivity index (χ4v) is 12.5. The van der Waals surface area contributed by atoms with Gasteiger partial charge in [0.1, 0.15) is 0 Å². The minimum atomic E-state index is -0.420. The fourth-order valence-electron chi connectivity index (χ4n) is 12.5. The van der Waals surface area contributed by atoms with Crippen LogP contribution in [0.15, 0.2) is 255 Å². The van der Waals surface area contributed by atoms with Crippen molar-refractivity contribution in [1.82, 2.24) is 0 Å². The average molecular weight is 1020 g/mol. The highest BCUT2D eigenvalue weighted by atomic mass is 15.2. The van der Waals surface area contributed by atoms with Crippen LogP contribution < -0.4 is 9.80 Å². The lowest BCUT2D eigenvalue weighted by molar-refractivity contribution is 0.590. The number of nitrogens with zero attached hydrogens (tertiary/aromatic N) is 2. The molecule has 11 aromatic rings. The van der Waals surface area contributed by atoms with Gasteiger partial charge in [-0.1, -0.05) is 243 Å². The van der Waals surface area contributed by atoms with Gasteiger partial charge in [0.25, 0.3) is 0 Å². The Morgan fingerprint density at radius 3 is 1.04 bits per heavy atom. The first-order valence-electron chi connectivity index (χ1n) is 28.0. The molecule has 13 rings (SSSR count). The predicted octanol–water partition coefficient (Wildman–Crippen LogP) is 21.8. The molecule has 0 spiro atoms. The van der Waals surface area contributed by atoms with E-state index in [0.717, 1.165) is 34.1 Å². The Bertz CT molecular complexity index is 4060. The Balaban J connectivity index is 1.09. The number of benzene rings is 11. The Kier molecular flexibility index (Phi) is 12.0. The Morgan fingerprint density at radius 1 is 0.266 bits per heavy atom. The number of fused-ring (bicyclic) bond motifs is 12. The highest BCUT2D eigenvalue weighted by Crippen LogP contribution is 2.62. The van der Waals surface area contributed by atoms with Gasteiger partial charge in [-0.2, -0.15) is 0 Å². The number of hydrogen-bond acceptors (Lipinski definition) is 2. The summed E-state index contributed by atoms with van der Waals surface area (Å²) in [5, 5.41) is 0. The van der Waals surface area contributed by atoms with Crippen molar-refractivity contribution in [1.29, 1.82) is 0 Å². The van der Waals surface area contributed by atoms with E-state index in [9.17, 15) is 0 Å². The van der Waals surface area contributed by atoms with E-state index >= 15 is 0 Å². The van der Waals surface area contributed by atoms with Gasteiger partial charge in [-0.25, -0.2) is 0 Å². The molecule has 0 amide bonds. The number of hydrogen-bond donors (Lipinski definition) is 0. The zero-order valence-electron chi connectivity index (χ0n) is 46.6. The predicted molar refractivity (Wildman–Crippen MR) is 337 cm³/mol. The molecular formula is C77H66N2. The smallest absolute Gasteiger partial charge is 0.0550 e. The zero-order chi connectivity index (χ0) is 54.2. The van der Waals surface area contributed by atoms with Gasteiger partial charge in [0, 0.05) is 45.0 Å². The van der Waals surface area contributed by atoms with E-state index in [2.05, 4.69) is 320 Å². The molecule has 0 heterocycles. The van der Waals surface area contributed by atoms with Crippen molar-refractivity contribution < 1.29 is 0 Å². The topological polar surface area (TPSA) is 6.48 Å². The maximum Gasteiger partial charge on any atom is 0.0550 e. The van der Waals surface area contributed by atoms with Crippen molar-refractivity contribution in [3.05, 3.63) is 277 Å². The molecule has 384 valence electrons. The van der Waals surface area contributed by atoms with Crippen LogP contribution in [0.3, 0.4) is 0 Å². The van der Waals surface area contributed by atoms with Gasteiger partial charge in [0.2, 0.25) is 0 Å². The van der Waals surface area contributed by atoms with Gasteiger partial charge < -0.3 is 9.80 Å². The lowest BCUT2D eigenvalue weighted by Gasteiger charge is -2.34. The number of rotatable bonds is 8. The summed E-state index contributed by atoms with van der Waals surface area (Å²) < 4.78 is 0. The van der Waals surface area contributed by atoms with E-state index in [0.29, 0.717) is 0 Å².